The number of nitriles is 1. The van der Waals surface area contributed by atoms with Gasteiger partial charge in [-0.2, -0.15) is 5.26 Å². The molecule has 27 heavy (non-hydrogen) atoms. The van der Waals surface area contributed by atoms with Crippen LogP contribution in [0.4, 0.5) is 0 Å². The number of nitrogens with zero attached hydrogens (tertiary/aromatic N) is 1. The molecule has 1 aliphatic carbocycles. The van der Waals surface area contributed by atoms with E-state index in [2.05, 4.69) is 10.6 Å². The van der Waals surface area contributed by atoms with Crippen LogP contribution in [-0.2, 0) is 20.8 Å². The molecule has 1 aliphatic rings. The molecule has 0 spiro atoms. The molecule has 2 atom stereocenters. The normalized spacial score (nSPS) is 16.6. The number of aliphatic carboxylic acids is 1. The van der Waals surface area contributed by atoms with E-state index in [1.54, 1.807) is 24.3 Å². The molecule has 0 aromatic heterocycles. The van der Waals surface area contributed by atoms with Gasteiger partial charge >= 0.3 is 5.97 Å². The Morgan fingerprint density at radius 1 is 1.15 bits per heavy atom. The molecule has 7 heteroatoms. The number of carbonyl (C=O) groups excluding carboxylic acids is 2. The van der Waals surface area contributed by atoms with Gasteiger partial charge in [-0.15, -0.1) is 0 Å². The van der Waals surface area contributed by atoms with Crippen LogP contribution in [-0.4, -0.2) is 35.0 Å². The minimum Gasteiger partial charge on any atom is -0.480 e. The van der Waals surface area contributed by atoms with Crippen molar-refractivity contribution in [1.82, 2.24) is 10.6 Å². The maximum Gasteiger partial charge on any atom is 0.326 e. The lowest BCUT2D eigenvalue weighted by Crippen LogP contribution is -2.54. The van der Waals surface area contributed by atoms with Crippen molar-refractivity contribution in [1.29, 1.82) is 5.26 Å². The van der Waals surface area contributed by atoms with Crippen LogP contribution in [0.1, 0.15) is 50.2 Å². The lowest BCUT2D eigenvalue weighted by atomic mass is 9.83. The number of hydrogen-bond donors (Lipinski definition) is 3. The Bertz CT molecular complexity index is 718. The number of rotatable bonds is 7. The second-order valence-electron chi connectivity index (χ2n) is 6.99. The topological polar surface area (TPSA) is 119 Å². The van der Waals surface area contributed by atoms with Crippen molar-refractivity contribution in [2.24, 2.45) is 5.92 Å². The van der Waals surface area contributed by atoms with Crippen LogP contribution >= 0.6 is 0 Å². The molecule has 1 unspecified atom stereocenters. The van der Waals surface area contributed by atoms with Crippen LogP contribution in [0.2, 0.25) is 0 Å². The van der Waals surface area contributed by atoms with Crippen LogP contribution in [0, 0.1) is 17.2 Å². The fourth-order valence-electron chi connectivity index (χ4n) is 3.51. The van der Waals surface area contributed by atoms with Gasteiger partial charge in [0.2, 0.25) is 11.8 Å². The minimum absolute atomic E-state index is 0.0897. The van der Waals surface area contributed by atoms with Gasteiger partial charge in [-0.1, -0.05) is 31.4 Å². The van der Waals surface area contributed by atoms with Crippen molar-refractivity contribution in [3.05, 3.63) is 35.4 Å². The summed E-state index contributed by atoms with van der Waals surface area (Å²) < 4.78 is 0. The molecule has 1 fully saturated rings. The van der Waals surface area contributed by atoms with Crippen molar-refractivity contribution in [3.8, 4) is 6.07 Å². The molecule has 2 amide bonds. The summed E-state index contributed by atoms with van der Waals surface area (Å²) in [5, 5.41) is 23.6. The maximum atomic E-state index is 12.7. The molecule has 144 valence electrons. The van der Waals surface area contributed by atoms with Crippen LogP contribution in [0.5, 0.6) is 0 Å². The Kier molecular flexibility index (Phi) is 7.35. The van der Waals surface area contributed by atoms with Crippen LogP contribution in [0.3, 0.4) is 0 Å². The van der Waals surface area contributed by atoms with Gasteiger partial charge in [-0.25, -0.2) is 4.79 Å². The lowest BCUT2D eigenvalue weighted by molar-refractivity contribution is -0.144. The quantitative estimate of drug-likeness (QED) is 0.675. The molecular weight excluding hydrogens is 346 g/mol. The number of carbonyl (C=O) groups is 3. The van der Waals surface area contributed by atoms with Crippen molar-refractivity contribution in [3.63, 3.8) is 0 Å². The number of hydrogen-bond acceptors (Lipinski definition) is 4. The maximum absolute atomic E-state index is 12.7. The first-order valence-corrected chi connectivity index (χ1v) is 9.20. The first-order chi connectivity index (χ1) is 12.9. The monoisotopic (exact) mass is 371 g/mol. The van der Waals surface area contributed by atoms with Crippen LogP contribution < -0.4 is 10.6 Å². The Balaban J connectivity index is 2.10. The molecule has 0 radical (unpaired) electrons. The second-order valence-corrected chi connectivity index (χ2v) is 6.99. The molecule has 0 saturated heterocycles. The van der Waals surface area contributed by atoms with Gasteiger partial charge < -0.3 is 15.7 Å². The van der Waals surface area contributed by atoms with Crippen LogP contribution in [0.25, 0.3) is 0 Å². The van der Waals surface area contributed by atoms with Gasteiger partial charge in [-0.3, -0.25) is 9.59 Å². The van der Waals surface area contributed by atoms with E-state index in [-0.39, 0.29) is 18.2 Å². The van der Waals surface area contributed by atoms with Gasteiger partial charge in [-0.05, 0) is 36.5 Å². The Morgan fingerprint density at radius 2 is 1.78 bits per heavy atom. The molecule has 1 aromatic carbocycles. The highest BCUT2D eigenvalue weighted by atomic mass is 16.4. The Morgan fingerprint density at radius 3 is 2.30 bits per heavy atom. The molecule has 2 rings (SSSR count). The summed E-state index contributed by atoms with van der Waals surface area (Å²) in [5.74, 6) is -2.01. The van der Waals surface area contributed by atoms with Gasteiger partial charge in [0.15, 0.2) is 0 Å². The largest absolute Gasteiger partial charge is 0.480 e. The Hall–Kier alpha value is -2.88. The molecule has 0 aliphatic heterocycles. The highest BCUT2D eigenvalue weighted by Gasteiger charge is 2.32. The number of benzene rings is 1. The van der Waals surface area contributed by atoms with E-state index < -0.39 is 24.0 Å². The molecule has 3 N–H and O–H groups in total. The molecular formula is C20H25N3O4. The summed E-state index contributed by atoms with van der Waals surface area (Å²) in [4.78, 5) is 35.9. The lowest BCUT2D eigenvalue weighted by Gasteiger charge is -2.29. The third-order valence-corrected chi connectivity index (χ3v) is 4.90. The number of carboxylic acids is 1. The average molecular weight is 371 g/mol. The summed E-state index contributed by atoms with van der Waals surface area (Å²) in [7, 11) is 0. The van der Waals surface area contributed by atoms with E-state index in [0.29, 0.717) is 5.56 Å². The summed E-state index contributed by atoms with van der Waals surface area (Å²) >= 11 is 0. The molecule has 7 nitrogen and oxygen atoms in total. The molecule has 0 bridgehead atoms. The van der Waals surface area contributed by atoms with Crippen molar-refractivity contribution in [2.45, 2.75) is 57.5 Å². The fourth-order valence-corrected chi connectivity index (χ4v) is 3.51. The van der Waals surface area contributed by atoms with Gasteiger partial charge in [0.05, 0.1) is 11.6 Å². The first kappa shape index (κ1) is 20.4. The van der Waals surface area contributed by atoms with Gasteiger partial charge in [0, 0.05) is 13.3 Å². The van der Waals surface area contributed by atoms with Crippen molar-refractivity contribution >= 4 is 17.8 Å². The zero-order valence-corrected chi connectivity index (χ0v) is 15.4. The molecule has 0 heterocycles. The highest BCUT2D eigenvalue weighted by molar-refractivity contribution is 5.90. The van der Waals surface area contributed by atoms with Crippen molar-refractivity contribution in [2.75, 3.05) is 0 Å². The third kappa shape index (κ3) is 6.10. The number of carboxylic acid groups (broad SMARTS) is 1. The van der Waals surface area contributed by atoms with E-state index in [1.807, 2.05) is 6.07 Å². The first-order valence-electron chi connectivity index (χ1n) is 9.20. The second kappa shape index (κ2) is 9.72. The summed E-state index contributed by atoms with van der Waals surface area (Å²) in [5.41, 5.74) is 1.27. The minimum atomic E-state index is -1.05. The highest BCUT2D eigenvalue weighted by Crippen LogP contribution is 2.26. The van der Waals surface area contributed by atoms with Gasteiger partial charge in [0.25, 0.3) is 0 Å². The smallest absolute Gasteiger partial charge is 0.326 e. The summed E-state index contributed by atoms with van der Waals surface area (Å²) in [6.45, 7) is 1.31. The number of amides is 2. The predicted octanol–water partition coefficient (Wildman–Crippen LogP) is 1.76. The van der Waals surface area contributed by atoms with E-state index in [4.69, 9.17) is 5.26 Å². The van der Waals surface area contributed by atoms with Crippen LogP contribution in [0.15, 0.2) is 24.3 Å². The standard InChI is InChI=1S/C20H25N3O4/c1-13(24)22-17(11-14-7-9-15(12-21)10-8-14)19(25)23-18(20(26)27)16-5-3-2-4-6-16/h7-10,16-18H,2-6,11H2,1H3,(H,22,24)(H,23,25)(H,26,27)/t17-,18?/m0/s1. The van der Waals surface area contributed by atoms with E-state index in [0.717, 1.165) is 37.7 Å². The molecule has 1 saturated carbocycles. The number of nitrogens with one attached hydrogen (secondary N) is 2. The zero-order valence-electron chi connectivity index (χ0n) is 15.4. The Labute approximate surface area is 158 Å². The van der Waals surface area contributed by atoms with E-state index >= 15 is 0 Å². The SMILES string of the molecule is CC(=O)N[C@@H](Cc1ccc(C#N)cc1)C(=O)NC(C(=O)O)C1CCCCC1. The van der Waals surface area contributed by atoms with E-state index in [1.165, 1.54) is 6.92 Å². The molecule has 1 aromatic rings. The average Bonchev–Trinajstić information content (AvgIpc) is 2.66. The third-order valence-electron chi connectivity index (χ3n) is 4.90. The van der Waals surface area contributed by atoms with Crippen molar-refractivity contribution < 1.29 is 19.5 Å². The predicted molar refractivity (Wildman–Crippen MR) is 98.6 cm³/mol. The summed E-state index contributed by atoms with van der Waals surface area (Å²) in [6, 6.07) is 6.92. The van der Waals surface area contributed by atoms with Gasteiger partial charge in [0.1, 0.15) is 12.1 Å². The fraction of sp³-hybridized carbons (Fsp3) is 0.500. The summed E-state index contributed by atoms with van der Waals surface area (Å²) in [6.07, 6.45) is 4.78. The zero-order chi connectivity index (χ0) is 19.8. The van der Waals surface area contributed by atoms with E-state index in [9.17, 15) is 19.5 Å².